The number of nitrogens with zero attached hydrogens (tertiary/aromatic N) is 2. The van der Waals surface area contributed by atoms with Gasteiger partial charge < -0.3 is 15.2 Å². The lowest BCUT2D eigenvalue weighted by atomic mass is 10.1. The van der Waals surface area contributed by atoms with Gasteiger partial charge in [0.1, 0.15) is 0 Å². The highest BCUT2D eigenvalue weighted by molar-refractivity contribution is 7.18. The molecular formula is C24H21ClN4O2S. The normalized spacial score (nSPS) is 10.7. The second-order valence-corrected chi connectivity index (χ2v) is 8.75. The number of anilines is 1. The van der Waals surface area contributed by atoms with Crippen LogP contribution in [0.3, 0.4) is 0 Å². The Morgan fingerprint density at radius 2 is 1.88 bits per heavy atom. The third-order valence-electron chi connectivity index (χ3n) is 4.85. The molecule has 0 atom stereocenters. The molecule has 0 fully saturated rings. The van der Waals surface area contributed by atoms with Crippen molar-refractivity contribution >= 4 is 39.8 Å². The van der Waals surface area contributed by atoms with E-state index in [9.17, 15) is 9.59 Å². The Labute approximate surface area is 194 Å². The van der Waals surface area contributed by atoms with Crippen molar-refractivity contribution in [3.05, 3.63) is 105 Å². The number of benzene rings is 2. The first kappa shape index (κ1) is 21.8. The van der Waals surface area contributed by atoms with Gasteiger partial charge in [0.15, 0.2) is 0 Å². The molecule has 2 aromatic heterocycles. The van der Waals surface area contributed by atoms with Crippen LogP contribution in [-0.2, 0) is 13.1 Å². The molecule has 4 rings (SSSR count). The SMILES string of the molecule is Cc1cc(NC(=O)c2ccccc2Cl)sc1C(=O)NCc1cccc(Cn2ccnc2)c1. The van der Waals surface area contributed by atoms with Gasteiger partial charge in [-0.3, -0.25) is 9.59 Å². The number of halogens is 1. The number of thiophene rings is 1. The quantitative estimate of drug-likeness (QED) is 0.397. The molecule has 2 aromatic carbocycles. The smallest absolute Gasteiger partial charge is 0.261 e. The lowest BCUT2D eigenvalue weighted by Crippen LogP contribution is -2.22. The van der Waals surface area contributed by atoms with Gasteiger partial charge in [-0.05, 0) is 41.8 Å². The molecule has 0 spiro atoms. The van der Waals surface area contributed by atoms with Crippen LogP contribution < -0.4 is 10.6 Å². The zero-order valence-corrected chi connectivity index (χ0v) is 18.9. The number of hydrogen-bond donors (Lipinski definition) is 2. The van der Waals surface area contributed by atoms with E-state index in [2.05, 4.69) is 21.7 Å². The van der Waals surface area contributed by atoms with Crippen LogP contribution in [0.2, 0.25) is 5.02 Å². The Bertz CT molecular complexity index is 1250. The average Bonchev–Trinajstić information content (AvgIpc) is 3.42. The number of aromatic nitrogens is 2. The Kier molecular flexibility index (Phi) is 6.68. The molecule has 8 heteroatoms. The molecule has 0 unspecified atom stereocenters. The van der Waals surface area contributed by atoms with Gasteiger partial charge in [-0.1, -0.05) is 48.0 Å². The summed E-state index contributed by atoms with van der Waals surface area (Å²) < 4.78 is 1.99. The predicted molar refractivity (Wildman–Crippen MR) is 127 cm³/mol. The fourth-order valence-electron chi connectivity index (χ4n) is 3.29. The first-order valence-electron chi connectivity index (χ1n) is 9.97. The van der Waals surface area contributed by atoms with E-state index < -0.39 is 0 Å². The molecule has 6 nitrogen and oxygen atoms in total. The minimum atomic E-state index is -0.307. The summed E-state index contributed by atoms with van der Waals surface area (Å²) in [7, 11) is 0. The standard InChI is InChI=1S/C24H21ClN4O2S/c1-16-11-21(28-23(30)19-7-2-3-8-20(19)25)32-22(16)24(31)27-13-17-5-4-6-18(12-17)14-29-10-9-26-15-29/h2-12,15H,13-14H2,1H3,(H,27,31)(H,28,30). The molecule has 162 valence electrons. The van der Waals surface area contributed by atoms with Gasteiger partial charge in [0.25, 0.3) is 11.8 Å². The third kappa shape index (κ3) is 5.25. The zero-order chi connectivity index (χ0) is 22.5. The van der Waals surface area contributed by atoms with Crippen LogP contribution in [0.5, 0.6) is 0 Å². The van der Waals surface area contributed by atoms with Crippen LogP contribution in [0.4, 0.5) is 5.00 Å². The van der Waals surface area contributed by atoms with Gasteiger partial charge in [0.2, 0.25) is 0 Å². The second kappa shape index (κ2) is 9.80. The number of nitrogens with one attached hydrogen (secondary N) is 2. The summed E-state index contributed by atoms with van der Waals surface area (Å²) in [6, 6.07) is 16.7. The number of imidazole rings is 1. The van der Waals surface area contributed by atoms with Crippen molar-refractivity contribution in [2.24, 2.45) is 0 Å². The molecule has 0 radical (unpaired) electrons. The van der Waals surface area contributed by atoms with Gasteiger partial charge in [-0.2, -0.15) is 0 Å². The lowest BCUT2D eigenvalue weighted by Gasteiger charge is -2.08. The van der Waals surface area contributed by atoms with E-state index in [1.165, 1.54) is 11.3 Å². The van der Waals surface area contributed by atoms with Gasteiger partial charge in [-0.15, -0.1) is 11.3 Å². The van der Waals surface area contributed by atoms with Gasteiger partial charge >= 0.3 is 0 Å². The number of aryl methyl sites for hydroxylation is 1. The highest BCUT2D eigenvalue weighted by Gasteiger charge is 2.16. The summed E-state index contributed by atoms with van der Waals surface area (Å²) in [6.07, 6.45) is 5.44. The number of hydrogen-bond acceptors (Lipinski definition) is 4. The molecule has 4 aromatic rings. The van der Waals surface area contributed by atoms with Crippen LogP contribution in [-0.4, -0.2) is 21.4 Å². The van der Waals surface area contributed by atoms with Crippen molar-refractivity contribution < 1.29 is 9.59 Å². The van der Waals surface area contributed by atoms with Crippen LogP contribution in [0.15, 0.2) is 73.3 Å². The van der Waals surface area contributed by atoms with E-state index in [1.807, 2.05) is 35.9 Å². The minimum absolute atomic E-state index is 0.175. The summed E-state index contributed by atoms with van der Waals surface area (Å²) >= 11 is 7.34. The van der Waals surface area contributed by atoms with Crippen LogP contribution in [0.1, 0.15) is 36.7 Å². The monoisotopic (exact) mass is 464 g/mol. The molecule has 0 saturated heterocycles. The predicted octanol–water partition coefficient (Wildman–Crippen LogP) is 5.14. The van der Waals surface area contributed by atoms with Crippen molar-refractivity contribution in [1.82, 2.24) is 14.9 Å². The molecule has 0 bridgehead atoms. The zero-order valence-electron chi connectivity index (χ0n) is 17.3. The fraction of sp³-hybridized carbons (Fsp3) is 0.125. The Morgan fingerprint density at radius 3 is 2.66 bits per heavy atom. The summed E-state index contributed by atoms with van der Waals surface area (Å²) in [6.45, 7) is 2.98. The molecular weight excluding hydrogens is 444 g/mol. The molecule has 2 heterocycles. The molecule has 2 amide bonds. The summed E-state index contributed by atoms with van der Waals surface area (Å²) in [5, 5.41) is 6.77. The molecule has 0 aliphatic carbocycles. The number of carbonyl (C=O) groups excluding carboxylic acids is 2. The largest absolute Gasteiger partial charge is 0.347 e. The van der Waals surface area contributed by atoms with Crippen molar-refractivity contribution in [1.29, 1.82) is 0 Å². The Morgan fingerprint density at radius 1 is 1.06 bits per heavy atom. The van der Waals surface area contributed by atoms with Crippen LogP contribution >= 0.6 is 22.9 Å². The summed E-state index contributed by atoms with van der Waals surface area (Å²) in [4.78, 5) is 29.9. The first-order valence-corrected chi connectivity index (χ1v) is 11.2. The van der Waals surface area contributed by atoms with Gasteiger partial charge in [0, 0.05) is 25.5 Å². The summed E-state index contributed by atoms with van der Waals surface area (Å²) in [5.41, 5.74) is 3.33. The van der Waals surface area contributed by atoms with E-state index in [0.29, 0.717) is 27.0 Å². The van der Waals surface area contributed by atoms with Crippen molar-refractivity contribution in [2.75, 3.05) is 5.32 Å². The highest BCUT2D eigenvalue weighted by atomic mass is 35.5. The lowest BCUT2D eigenvalue weighted by molar-refractivity contribution is 0.0953. The average molecular weight is 465 g/mol. The van der Waals surface area contributed by atoms with Gasteiger partial charge in [0.05, 0.1) is 26.8 Å². The summed E-state index contributed by atoms with van der Waals surface area (Å²) in [5.74, 6) is -0.482. The van der Waals surface area contributed by atoms with E-state index >= 15 is 0 Å². The first-order chi connectivity index (χ1) is 15.5. The minimum Gasteiger partial charge on any atom is -0.347 e. The number of carbonyl (C=O) groups is 2. The topological polar surface area (TPSA) is 76.0 Å². The van der Waals surface area contributed by atoms with Crippen molar-refractivity contribution in [2.45, 2.75) is 20.0 Å². The molecule has 0 aliphatic rings. The van der Waals surface area contributed by atoms with E-state index in [-0.39, 0.29) is 11.8 Å². The molecule has 32 heavy (non-hydrogen) atoms. The van der Waals surface area contributed by atoms with Gasteiger partial charge in [-0.25, -0.2) is 4.98 Å². The Balaban J connectivity index is 1.38. The van der Waals surface area contributed by atoms with Crippen molar-refractivity contribution in [3.63, 3.8) is 0 Å². The van der Waals surface area contributed by atoms with Crippen LogP contribution in [0, 0.1) is 6.92 Å². The maximum atomic E-state index is 12.8. The number of amides is 2. The van der Waals surface area contributed by atoms with Crippen molar-refractivity contribution in [3.8, 4) is 0 Å². The fourth-order valence-corrected chi connectivity index (χ4v) is 4.49. The Hall–Kier alpha value is -3.42. The van der Waals surface area contributed by atoms with E-state index in [4.69, 9.17) is 11.6 Å². The number of rotatable bonds is 7. The maximum Gasteiger partial charge on any atom is 0.261 e. The highest BCUT2D eigenvalue weighted by Crippen LogP contribution is 2.28. The maximum absolute atomic E-state index is 12.8. The third-order valence-corrected chi connectivity index (χ3v) is 6.33. The van der Waals surface area contributed by atoms with E-state index in [0.717, 1.165) is 23.2 Å². The molecule has 0 saturated carbocycles. The van der Waals surface area contributed by atoms with E-state index in [1.54, 1.807) is 42.9 Å². The molecule has 2 N–H and O–H groups in total. The molecule has 0 aliphatic heterocycles. The second-order valence-electron chi connectivity index (χ2n) is 7.29. The van der Waals surface area contributed by atoms with Crippen LogP contribution in [0.25, 0.3) is 0 Å².